The van der Waals surface area contributed by atoms with Crippen LogP contribution in [0.1, 0.15) is 18.9 Å². The van der Waals surface area contributed by atoms with Crippen LogP contribution >= 0.6 is 11.8 Å². The van der Waals surface area contributed by atoms with E-state index in [9.17, 15) is 8.42 Å². The Morgan fingerprint density at radius 3 is 2.90 bits per heavy atom. The van der Waals surface area contributed by atoms with Crippen molar-refractivity contribution in [2.75, 3.05) is 18.1 Å². The van der Waals surface area contributed by atoms with Crippen LogP contribution in [0.4, 0.5) is 0 Å². The number of hydrogen-bond acceptors (Lipinski definition) is 5. The molecule has 0 saturated carbocycles. The van der Waals surface area contributed by atoms with E-state index in [4.69, 9.17) is 10.5 Å². The minimum Gasteiger partial charge on any atom is -0.494 e. The van der Waals surface area contributed by atoms with Crippen LogP contribution in [0.25, 0.3) is 0 Å². The molecule has 0 radical (unpaired) electrons. The highest BCUT2D eigenvalue weighted by Crippen LogP contribution is 2.24. The summed E-state index contributed by atoms with van der Waals surface area (Å²) in [5.41, 5.74) is 6.36. The molecule has 0 aliphatic carbocycles. The zero-order chi connectivity index (χ0) is 14.6. The van der Waals surface area contributed by atoms with Crippen molar-refractivity contribution in [3.63, 3.8) is 0 Å². The molecule has 0 spiro atoms. The summed E-state index contributed by atoms with van der Waals surface area (Å²) in [5, 5.41) is 0. The van der Waals surface area contributed by atoms with Crippen molar-refractivity contribution in [1.29, 1.82) is 0 Å². The van der Waals surface area contributed by atoms with Gasteiger partial charge in [0.2, 0.25) is 10.0 Å². The zero-order valence-electron chi connectivity index (χ0n) is 11.5. The summed E-state index contributed by atoms with van der Waals surface area (Å²) < 4.78 is 32.8. The van der Waals surface area contributed by atoms with Crippen LogP contribution in [0.5, 0.6) is 5.75 Å². The van der Waals surface area contributed by atoms with E-state index in [1.54, 1.807) is 30.0 Å². The van der Waals surface area contributed by atoms with Gasteiger partial charge in [-0.1, -0.05) is 0 Å². The third kappa shape index (κ3) is 3.66. The summed E-state index contributed by atoms with van der Waals surface area (Å²) in [7, 11) is -3.48. The van der Waals surface area contributed by atoms with Crippen LogP contribution in [0.15, 0.2) is 23.1 Å². The Morgan fingerprint density at radius 1 is 1.50 bits per heavy atom. The molecule has 1 atom stereocenters. The Balaban J connectivity index is 2.22. The molecule has 5 nitrogen and oxygen atoms in total. The predicted octanol–water partition coefficient (Wildman–Crippen LogP) is 1.33. The van der Waals surface area contributed by atoms with E-state index in [1.165, 1.54) is 0 Å². The van der Waals surface area contributed by atoms with Crippen molar-refractivity contribution < 1.29 is 13.2 Å². The van der Waals surface area contributed by atoms with Gasteiger partial charge in [-0.05, 0) is 37.3 Å². The normalized spacial score (nSPS) is 19.2. The Labute approximate surface area is 124 Å². The Morgan fingerprint density at radius 2 is 2.30 bits per heavy atom. The fraction of sp³-hybridized carbons (Fsp3) is 0.538. The molecule has 1 aromatic rings. The molecule has 1 heterocycles. The zero-order valence-corrected chi connectivity index (χ0v) is 13.1. The summed E-state index contributed by atoms with van der Waals surface area (Å²) in [6, 6.07) is 4.85. The molecule has 1 unspecified atom stereocenters. The lowest BCUT2D eigenvalue weighted by Crippen LogP contribution is -2.34. The van der Waals surface area contributed by atoms with Crippen LogP contribution in [0.3, 0.4) is 0 Å². The number of thioether (sulfide) groups is 1. The molecule has 112 valence electrons. The monoisotopic (exact) mass is 316 g/mol. The number of sulfonamides is 1. The van der Waals surface area contributed by atoms with Gasteiger partial charge >= 0.3 is 0 Å². The first-order valence-electron chi connectivity index (χ1n) is 6.62. The largest absolute Gasteiger partial charge is 0.494 e. The van der Waals surface area contributed by atoms with E-state index in [-0.39, 0.29) is 17.5 Å². The van der Waals surface area contributed by atoms with Crippen LogP contribution in [-0.2, 0) is 16.6 Å². The average Bonchev–Trinajstić information content (AvgIpc) is 2.91. The fourth-order valence-electron chi connectivity index (χ4n) is 2.09. The van der Waals surface area contributed by atoms with Gasteiger partial charge in [0.25, 0.3) is 0 Å². The van der Waals surface area contributed by atoms with Gasteiger partial charge < -0.3 is 10.5 Å². The van der Waals surface area contributed by atoms with Crippen LogP contribution in [-0.4, -0.2) is 32.6 Å². The van der Waals surface area contributed by atoms with Gasteiger partial charge in [-0.15, -0.1) is 0 Å². The third-order valence-electron chi connectivity index (χ3n) is 3.11. The number of nitrogens with one attached hydrogen (secondary N) is 1. The van der Waals surface area contributed by atoms with Gasteiger partial charge in [-0.3, -0.25) is 0 Å². The van der Waals surface area contributed by atoms with E-state index in [0.29, 0.717) is 17.9 Å². The highest BCUT2D eigenvalue weighted by molar-refractivity contribution is 7.99. The van der Waals surface area contributed by atoms with E-state index in [1.807, 2.05) is 6.92 Å². The second-order valence-electron chi connectivity index (χ2n) is 4.59. The molecular weight excluding hydrogens is 296 g/mol. The second-order valence-corrected chi connectivity index (χ2v) is 7.45. The van der Waals surface area contributed by atoms with Crippen LogP contribution < -0.4 is 15.2 Å². The molecule has 0 amide bonds. The molecule has 0 bridgehead atoms. The molecule has 0 aromatic heterocycles. The van der Waals surface area contributed by atoms with Crippen LogP contribution in [0.2, 0.25) is 0 Å². The lowest BCUT2D eigenvalue weighted by Gasteiger charge is -2.14. The van der Waals surface area contributed by atoms with Crippen molar-refractivity contribution in [2.45, 2.75) is 30.8 Å². The Bertz CT molecular complexity index is 555. The second kappa shape index (κ2) is 6.80. The summed E-state index contributed by atoms with van der Waals surface area (Å²) in [4.78, 5) is 0.248. The molecule has 1 aliphatic rings. The maximum absolute atomic E-state index is 12.3. The first-order valence-corrected chi connectivity index (χ1v) is 9.26. The van der Waals surface area contributed by atoms with E-state index >= 15 is 0 Å². The quantitative estimate of drug-likeness (QED) is 0.827. The number of hydrogen-bond donors (Lipinski definition) is 2. The molecule has 1 saturated heterocycles. The Kier molecular flexibility index (Phi) is 5.31. The van der Waals surface area contributed by atoms with Crippen molar-refractivity contribution >= 4 is 21.8 Å². The van der Waals surface area contributed by atoms with Gasteiger partial charge in [0, 0.05) is 23.9 Å². The summed E-state index contributed by atoms with van der Waals surface area (Å²) >= 11 is 1.77. The van der Waals surface area contributed by atoms with E-state index in [0.717, 1.165) is 17.9 Å². The Hall–Kier alpha value is -0.760. The van der Waals surface area contributed by atoms with E-state index < -0.39 is 10.0 Å². The highest BCUT2D eigenvalue weighted by Gasteiger charge is 2.23. The molecule has 1 fully saturated rings. The average molecular weight is 316 g/mol. The minimum atomic E-state index is -3.48. The fourth-order valence-corrected chi connectivity index (χ4v) is 4.67. The van der Waals surface area contributed by atoms with Crippen molar-refractivity contribution in [2.24, 2.45) is 5.73 Å². The number of ether oxygens (including phenoxy) is 1. The third-order valence-corrected chi connectivity index (χ3v) is 5.79. The lowest BCUT2D eigenvalue weighted by atomic mass is 10.2. The topological polar surface area (TPSA) is 81.4 Å². The first kappa shape index (κ1) is 15.6. The van der Waals surface area contributed by atoms with Crippen LogP contribution in [0, 0.1) is 0 Å². The van der Waals surface area contributed by atoms with Gasteiger partial charge in [-0.25, -0.2) is 13.1 Å². The molecule has 1 aliphatic heterocycles. The summed E-state index contributed by atoms with van der Waals surface area (Å²) in [6.07, 6.45) is 0.880. The minimum absolute atomic E-state index is 0.0258. The number of benzene rings is 1. The standard InChI is InChI=1S/C13H20N2O3S2/c1-2-18-13-4-3-12(7-10(13)8-14)20(16,17)15-11-5-6-19-9-11/h3-4,7,11,15H,2,5-6,8-9,14H2,1H3. The number of rotatable bonds is 6. The molecule has 3 N–H and O–H groups in total. The van der Waals surface area contributed by atoms with Crippen molar-refractivity contribution in [3.05, 3.63) is 23.8 Å². The van der Waals surface area contributed by atoms with Gasteiger partial charge in [0.1, 0.15) is 5.75 Å². The maximum atomic E-state index is 12.3. The van der Waals surface area contributed by atoms with Gasteiger partial charge in [-0.2, -0.15) is 11.8 Å². The van der Waals surface area contributed by atoms with Crippen molar-refractivity contribution in [3.8, 4) is 5.75 Å². The lowest BCUT2D eigenvalue weighted by molar-refractivity contribution is 0.336. The molecule has 2 rings (SSSR count). The van der Waals surface area contributed by atoms with Gasteiger partial charge in [0.05, 0.1) is 11.5 Å². The molecule has 7 heteroatoms. The smallest absolute Gasteiger partial charge is 0.240 e. The maximum Gasteiger partial charge on any atom is 0.240 e. The predicted molar refractivity (Wildman–Crippen MR) is 81.6 cm³/mol. The van der Waals surface area contributed by atoms with Crippen molar-refractivity contribution in [1.82, 2.24) is 4.72 Å². The van der Waals surface area contributed by atoms with E-state index in [2.05, 4.69) is 4.72 Å². The highest BCUT2D eigenvalue weighted by atomic mass is 32.2. The summed E-state index contributed by atoms with van der Waals surface area (Å²) in [5.74, 6) is 2.48. The van der Waals surface area contributed by atoms with Gasteiger partial charge in [0.15, 0.2) is 0 Å². The molecular formula is C13H20N2O3S2. The molecule has 20 heavy (non-hydrogen) atoms. The number of nitrogens with two attached hydrogens (primary N) is 1. The SMILES string of the molecule is CCOc1ccc(S(=O)(=O)NC2CCSC2)cc1CN. The molecule has 1 aromatic carbocycles. The first-order chi connectivity index (χ1) is 9.56. The summed E-state index contributed by atoms with van der Waals surface area (Å²) in [6.45, 7) is 2.65.